The molecule has 3 aromatic rings. The molecular formula is C18H16FN5O2. The van der Waals surface area contributed by atoms with E-state index in [4.69, 9.17) is 0 Å². The van der Waals surface area contributed by atoms with Gasteiger partial charge in [-0.3, -0.25) is 9.59 Å². The highest BCUT2D eigenvalue weighted by molar-refractivity contribution is 5.99. The minimum atomic E-state index is -0.815. The Morgan fingerprint density at radius 3 is 2.81 bits per heavy atom. The Labute approximate surface area is 148 Å². The quantitative estimate of drug-likeness (QED) is 0.757. The Hall–Kier alpha value is -3.29. The van der Waals surface area contributed by atoms with E-state index in [1.54, 1.807) is 23.7 Å². The summed E-state index contributed by atoms with van der Waals surface area (Å²) in [5.74, 6) is -0.995. The lowest BCUT2D eigenvalue weighted by atomic mass is 10.0. The lowest BCUT2D eigenvalue weighted by Crippen LogP contribution is -2.52. The van der Waals surface area contributed by atoms with Gasteiger partial charge in [0.25, 0.3) is 5.91 Å². The summed E-state index contributed by atoms with van der Waals surface area (Å²) in [7, 11) is 0. The van der Waals surface area contributed by atoms with Crippen LogP contribution in [0.4, 0.5) is 4.39 Å². The van der Waals surface area contributed by atoms with Crippen molar-refractivity contribution in [2.24, 2.45) is 0 Å². The third-order valence-corrected chi connectivity index (χ3v) is 4.55. The van der Waals surface area contributed by atoms with Crippen LogP contribution in [0.5, 0.6) is 0 Å². The van der Waals surface area contributed by atoms with Crippen molar-refractivity contribution in [2.75, 3.05) is 13.1 Å². The summed E-state index contributed by atoms with van der Waals surface area (Å²) < 4.78 is 14.8. The van der Waals surface area contributed by atoms with Crippen molar-refractivity contribution in [3.8, 4) is 0 Å². The van der Waals surface area contributed by atoms with Crippen molar-refractivity contribution < 1.29 is 14.0 Å². The molecule has 2 amide bonds. The number of carbonyl (C=O) groups excluding carboxylic acids is 2. The van der Waals surface area contributed by atoms with E-state index in [-0.39, 0.29) is 11.8 Å². The van der Waals surface area contributed by atoms with Crippen LogP contribution in [0.1, 0.15) is 27.7 Å². The molecule has 132 valence electrons. The molecule has 26 heavy (non-hydrogen) atoms. The summed E-state index contributed by atoms with van der Waals surface area (Å²) in [5.41, 5.74) is 2.23. The third kappa shape index (κ3) is 2.59. The Morgan fingerprint density at radius 2 is 2.04 bits per heavy atom. The molecule has 1 fully saturated rings. The van der Waals surface area contributed by atoms with Crippen LogP contribution in [0.15, 0.2) is 42.7 Å². The lowest BCUT2D eigenvalue weighted by molar-refractivity contribution is -0.128. The molecule has 4 rings (SSSR count). The minimum absolute atomic E-state index is 0.290. The molecule has 1 unspecified atom stereocenters. The second-order valence-electron chi connectivity index (χ2n) is 6.10. The molecule has 1 atom stereocenters. The summed E-state index contributed by atoms with van der Waals surface area (Å²) in [6.45, 7) is 2.49. The maximum Gasteiger partial charge on any atom is 0.258 e. The summed E-state index contributed by atoms with van der Waals surface area (Å²) in [5, 5.41) is 6.93. The molecule has 0 spiro atoms. The van der Waals surface area contributed by atoms with Crippen molar-refractivity contribution in [2.45, 2.75) is 13.0 Å². The van der Waals surface area contributed by atoms with E-state index in [9.17, 15) is 14.0 Å². The van der Waals surface area contributed by atoms with E-state index in [1.807, 2.05) is 0 Å². The standard InChI is InChI=1S/C18H16FN5O2/c1-11-14(10-21-15-6-7-22-24(11)15)18(26)23-9-8-20-17(25)16(23)12-2-4-13(19)5-3-12/h2-7,10,16H,8-9H2,1H3,(H,20,25). The van der Waals surface area contributed by atoms with Gasteiger partial charge in [-0.15, -0.1) is 0 Å². The fraction of sp³-hybridized carbons (Fsp3) is 0.222. The molecule has 0 saturated carbocycles. The van der Waals surface area contributed by atoms with Crippen molar-refractivity contribution in [3.05, 3.63) is 65.4 Å². The maximum absolute atomic E-state index is 13.2. The van der Waals surface area contributed by atoms with E-state index in [1.165, 1.54) is 35.4 Å². The number of fused-ring (bicyclic) bond motifs is 1. The molecule has 7 nitrogen and oxygen atoms in total. The van der Waals surface area contributed by atoms with Crippen LogP contribution in [0.3, 0.4) is 0 Å². The van der Waals surface area contributed by atoms with Crippen LogP contribution in [0, 0.1) is 12.7 Å². The number of carbonyl (C=O) groups is 2. The Bertz CT molecular complexity index is 998. The molecule has 2 aromatic heterocycles. The van der Waals surface area contributed by atoms with E-state index in [2.05, 4.69) is 15.4 Å². The molecule has 0 radical (unpaired) electrons. The molecule has 1 saturated heterocycles. The van der Waals surface area contributed by atoms with E-state index in [0.29, 0.717) is 35.6 Å². The molecule has 1 aliphatic heterocycles. The normalized spacial score (nSPS) is 17.4. The SMILES string of the molecule is Cc1c(C(=O)N2CCNC(=O)C2c2ccc(F)cc2)cnc2ccnn12. The molecule has 3 heterocycles. The van der Waals surface area contributed by atoms with E-state index in [0.717, 1.165) is 0 Å². The number of aryl methyl sites for hydroxylation is 1. The van der Waals surface area contributed by atoms with Gasteiger partial charge in [0.2, 0.25) is 5.91 Å². The van der Waals surface area contributed by atoms with Gasteiger partial charge < -0.3 is 10.2 Å². The van der Waals surface area contributed by atoms with Gasteiger partial charge in [0, 0.05) is 25.4 Å². The first-order valence-electron chi connectivity index (χ1n) is 8.20. The molecule has 1 N–H and O–H groups in total. The van der Waals surface area contributed by atoms with Gasteiger partial charge in [-0.2, -0.15) is 5.10 Å². The second kappa shape index (κ2) is 6.21. The number of halogens is 1. The van der Waals surface area contributed by atoms with Crippen LogP contribution in [0.25, 0.3) is 5.65 Å². The van der Waals surface area contributed by atoms with Crippen LogP contribution in [0.2, 0.25) is 0 Å². The zero-order valence-corrected chi connectivity index (χ0v) is 14.0. The van der Waals surface area contributed by atoms with Gasteiger partial charge in [-0.25, -0.2) is 13.9 Å². The third-order valence-electron chi connectivity index (χ3n) is 4.55. The predicted octanol–water partition coefficient (Wildman–Crippen LogP) is 1.49. The Balaban J connectivity index is 1.75. The highest BCUT2D eigenvalue weighted by Crippen LogP contribution is 2.26. The molecular weight excluding hydrogens is 337 g/mol. The van der Waals surface area contributed by atoms with Crippen molar-refractivity contribution in [1.82, 2.24) is 24.8 Å². The molecule has 0 bridgehead atoms. The van der Waals surface area contributed by atoms with Crippen molar-refractivity contribution in [1.29, 1.82) is 0 Å². The smallest absolute Gasteiger partial charge is 0.258 e. The highest BCUT2D eigenvalue weighted by Gasteiger charge is 2.35. The maximum atomic E-state index is 13.2. The second-order valence-corrected chi connectivity index (χ2v) is 6.10. The summed E-state index contributed by atoms with van der Waals surface area (Å²) >= 11 is 0. The number of hydrogen-bond acceptors (Lipinski definition) is 4. The van der Waals surface area contributed by atoms with Gasteiger partial charge in [0.1, 0.15) is 11.9 Å². The number of piperazine rings is 1. The molecule has 0 aliphatic carbocycles. The number of nitrogens with one attached hydrogen (secondary N) is 1. The molecule has 8 heteroatoms. The Kier molecular flexibility index (Phi) is 3.87. The van der Waals surface area contributed by atoms with Gasteiger partial charge >= 0.3 is 0 Å². The number of hydrogen-bond donors (Lipinski definition) is 1. The van der Waals surface area contributed by atoms with Crippen LogP contribution >= 0.6 is 0 Å². The first-order chi connectivity index (χ1) is 12.6. The molecule has 1 aliphatic rings. The lowest BCUT2D eigenvalue weighted by Gasteiger charge is -2.35. The van der Waals surface area contributed by atoms with Crippen LogP contribution < -0.4 is 5.32 Å². The van der Waals surface area contributed by atoms with Crippen molar-refractivity contribution in [3.63, 3.8) is 0 Å². The number of aromatic nitrogens is 3. The fourth-order valence-electron chi connectivity index (χ4n) is 3.22. The number of benzene rings is 1. The monoisotopic (exact) mass is 353 g/mol. The van der Waals surface area contributed by atoms with Crippen molar-refractivity contribution >= 4 is 17.5 Å². The largest absolute Gasteiger partial charge is 0.352 e. The van der Waals surface area contributed by atoms with Gasteiger partial charge in [-0.1, -0.05) is 12.1 Å². The average Bonchev–Trinajstić information content (AvgIpc) is 3.12. The molecule has 1 aromatic carbocycles. The zero-order chi connectivity index (χ0) is 18.3. The van der Waals surface area contributed by atoms with E-state index >= 15 is 0 Å². The number of amides is 2. The number of nitrogens with zero attached hydrogens (tertiary/aromatic N) is 4. The predicted molar refractivity (Wildman–Crippen MR) is 90.9 cm³/mol. The minimum Gasteiger partial charge on any atom is -0.352 e. The topological polar surface area (TPSA) is 79.6 Å². The van der Waals surface area contributed by atoms with E-state index < -0.39 is 11.9 Å². The van der Waals surface area contributed by atoms with Crippen LogP contribution in [-0.4, -0.2) is 44.4 Å². The van der Waals surface area contributed by atoms with Crippen LogP contribution in [-0.2, 0) is 4.79 Å². The summed E-state index contributed by atoms with van der Waals surface area (Å²) in [4.78, 5) is 31.4. The first-order valence-corrected chi connectivity index (χ1v) is 8.20. The Morgan fingerprint density at radius 1 is 1.27 bits per heavy atom. The van der Waals surface area contributed by atoms with Gasteiger partial charge in [0.05, 0.1) is 17.5 Å². The summed E-state index contributed by atoms with van der Waals surface area (Å²) in [6.07, 6.45) is 3.11. The number of rotatable bonds is 2. The zero-order valence-electron chi connectivity index (χ0n) is 14.0. The summed E-state index contributed by atoms with van der Waals surface area (Å²) in [6, 6.07) is 6.53. The average molecular weight is 353 g/mol. The van der Waals surface area contributed by atoms with Gasteiger partial charge in [0.15, 0.2) is 5.65 Å². The fourth-order valence-corrected chi connectivity index (χ4v) is 3.22. The van der Waals surface area contributed by atoms with Gasteiger partial charge in [-0.05, 0) is 24.6 Å². The highest BCUT2D eigenvalue weighted by atomic mass is 19.1. The first kappa shape index (κ1) is 16.2.